The second-order valence-corrected chi connectivity index (χ2v) is 4.89. The van der Waals surface area contributed by atoms with Crippen LogP contribution in [0.4, 0.5) is 5.69 Å². The van der Waals surface area contributed by atoms with Gasteiger partial charge in [-0.3, -0.25) is 4.79 Å². The summed E-state index contributed by atoms with van der Waals surface area (Å²) >= 11 is 6.01. The van der Waals surface area contributed by atoms with Gasteiger partial charge in [0, 0.05) is 6.42 Å². The Labute approximate surface area is 114 Å². The van der Waals surface area contributed by atoms with Crippen LogP contribution >= 0.6 is 11.6 Å². The fraction of sp³-hybridized carbons (Fsp3) is 0.500. The molecule has 1 rings (SSSR count). The maximum atomic E-state index is 11.7. The molecule has 1 amide bonds. The number of hydrogen-bond donors (Lipinski definition) is 2. The second-order valence-electron chi connectivity index (χ2n) is 4.48. The first kappa shape index (κ1) is 15.0. The molecule has 0 unspecified atom stereocenters. The van der Waals surface area contributed by atoms with Crippen LogP contribution < -0.4 is 11.1 Å². The molecule has 18 heavy (non-hydrogen) atoms. The third-order valence-corrected chi connectivity index (χ3v) is 3.08. The molecule has 0 aliphatic carbocycles. The Hall–Kier alpha value is -1.06. The molecule has 0 saturated heterocycles. The number of unbranched alkanes of at least 4 members (excludes halogenated alkanes) is 3. The smallest absolute Gasteiger partial charge is 0.224 e. The van der Waals surface area contributed by atoms with Gasteiger partial charge in [-0.05, 0) is 44.0 Å². The summed E-state index contributed by atoms with van der Waals surface area (Å²) in [4.78, 5) is 11.7. The average Bonchev–Trinajstić information content (AvgIpc) is 2.33. The largest absolute Gasteiger partial charge is 0.330 e. The van der Waals surface area contributed by atoms with Crippen LogP contribution in [0.5, 0.6) is 0 Å². The Morgan fingerprint density at radius 1 is 1.28 bits per heavy atom. The van der Waals surface area contributed by atoms with Crippen molar-refractivity contribution in [3.8, 4) is 0 Å². The van der Waals surface area contributed by atoms with E-state index < -0.39 is 0 Å². The third-order valence-electron chi connectivity index (χ3n) is 2.75. The Balaban J connectivity index is 2.33. The molecule has 4 heteroatoms. The summed E-state index contributed by atoms with van der Waals surface area (Å²) in [6.45, 7) is 2.70. The van der Waals surface area contributed by atoms with Crippen LogP contribution in [0.15, 0.2) is 18.2 Å². The van der Waals surface area contributed by atoms with Crippen molar-refractivity contribution in [1.29, 1.82) is 0 Å². The van der Waals surface area contributed by atoms with Crippen molar-refractivity contribution >= 4 is 23.2 Å². The van der Waals surface area contributed by atoms with Crippen molar-refractivity contribution in [1.82, 2.24) is 0 Å². The minimum Gasteiger partial charge on any atom is -0.330 e. The van der Waals surface area contributed by atoms with Gasteiger partial charge in [0.1, 0.15) is 0 Å². The monoisotopic (exact) mass is 268 g/mol. The lowest BCUT2D eigenvalue weighted by Gasteiger charge is -2.08. The molecule has 3 N–H and O–H groups in total. The van der Waals surface area contributed by atoms with Crippen molar-refractivity contribution in [2.45, 2.75) is 39.0 Å². The van der Waals surface area contributed by atoms with Crippen LogP contribution in [0.25, 0.3) is 0 Å². The molecule has 1 aromatic carbocycles. The molecule has 0 heterocycles. The molecule has 0 spiro atoms. The summed E-state index contributed by atoms with van der Waals surface area (Å²) in [7, 11) is 0. The Morgan fingerprint density at radius 3 is 2.72 bits per heavy atom. The van der Waals surface area contributed by atoms with Crippen LogP contribution in [-0.2, 0) is 4.79 Å². The van der Waals surface area contributed by atoms with Gasteiger partial charge in [-0.2, -0.15) is 0 Å². The highest BCUT2D eigenvalue weighted by molar-refractivity contribution is 6.33. The maximum absolute atomic E-state index is 11.7. The van der Waals surface area contributed by atoms with E-state index in [1.54, 1.807) is 6.07 Å². The number of amides is 1. The zero-order chi connectivity index (χ0) is 13.4. The van der Waals surface area contributed by atoms with Gasteiger partial charge in [0.15, 0.2) is 0 Å². The van der Waals surface area contributed by atoms with E-state index >= 15 is 0 Å². The number of nitrogens with one attached hydrogen (secondary N) is 1. The summed E-state index contributed by atoms with van der Waals surface area (Å²) in [5, 5.41) is 3.43. The Bertz CT molecular complexity index is 393. The minimum atomic E-state index is 0.0234. The van der Waals surface area contributed by atoms with E-state index in [-0.39, 0.29) is 5.91 Å². The Kier molecular flexibility index (Phi) is 6.76. The van der Waals surface area contributed by atoms with Crippen LogP contribution in [0.1, 0.15) is 37.7 Å². The van der Waals surface area contributed by atoms with Gasteiger partial charge in [-0.15, -0.1) is 0 Å². The molecule has 0 aliphatic heterocycles. The van der Waals surface area contributed by atoms with Gasteiger partial charge in [0.2, 0.25) is 5.91 Å². The van der Waals surface area contributed by atoms with E-state index in [1.165, 1.54) is 0 Å². The number of rotatable bonds is 7. The zero-order valence-electron chi connectivity index (χ0n) is 10.8. The molecule has 0 fully saturated rings. The molecule has 100 valence electrons. The molecule has 1 aromatic rings. The standard InChI is InChI=1S/C14H21ClN2O/c1-11-7-8-12(15)13(10-11)17-14(18)6-4-2-3-5-9-16/h7-8,10H,2-6,9,16H2,1H3,(H,17,18). The SMILES string of the molecule is Cc1ccc(Cl)c(NC(=O)CCCCCCN)c1. The lowest BCUT2D eigenvalue weighted by molar-refractivity contribution is -0.116. The first-order valence-corrected chi connectivity index (χ1v) is 6.77. The zero-order valence-corrected chi connectivity index (χ0v) is 11.6. The Morgan fingerprint density at radius 2 is 2.00 bits per heavy atom. The quantitative estimate of drug-likeness (QED) is 0.744. The normalized spacial score (nSPS) is 10.4. The number of anilines is 1. The van der Waals surface area contributed by atoms with Crippen molar-refractivity contribution < 1.29 is 4.79 Å². The number of hydrogen-bond acceptors (Lipinski definition) is 2. The molecular weight excluding hydrogens is 248 g/mol. The summed E-state index contributed by atoms with van der Waals surface area (Å²) in [5.41, 5.74) is 7.19. The summed E-state index contributed by atoms with van der Waals surface area (Å²) in [6, 6.07) is 5.60. The van der Waals surface area contributed by atoms with Crippen LogP contribution in [-0.4, -0.2) is 12.5 Å². The second kappa shape index (κ2) is 8.11. The van der Waals surface area contributed by atoms with E-state index in [0.29, 0.717) is 17.1 Å². The molecule has 0 saturated carbocycles. The van der Waals surface area contributed by atoms with Crippen molar-refractivity contribution in [2.24, 2.45) is 5.73 Å². The topological polar surface area (TPSA) is 55.1 Å². The van der Waals surface area contributed by atoms with Gasteiger partial charge in [0.05, 0.1) is 10.7 Å². The lowest BCUT2D eigenvalue weighted by Crippen LogP contribution is -2.11. The first-order chi connectivity index (χ1) is 8.63. The predicted molar refractivity (Wildman–Crippen MR) is 77.0 cm³/mol. The molecule has 3 nitrogen and oxygen atoms in total. The average molecular weight is 269 g/mol. The fourth-order valence-electron chi connectivity index (χ4n) is 1.73. The highest BCUT2D eigenvalue weighted by Crippen LogP contribution is 2.22. The number of carbonyl (C=O) groups is 1. The van der Waals surface area contributed by atoms with Gasteiger partial charge in [-0.25, -0.2) is 0 Å². The molecular formula is C14H21ClN2O. The predicted octanol–water partition coefficient (Wildman–Crippen LogP) is 3.50. The van der Waals surface area contributed by atoms with E-state index in [1.807, 2.05) is 19.1 Å². The molecule has 0 bridgehead atoms. The van der Waals surface area contributed by atoms with Crippen LogP contribution in [0.3, 0.4) is 0 Å². The van der Waals surface area contributed by atoms with E-state index in [0.717, 1.165) is 37.8 Å². The fourth-order valence-corrected chi connectivity index (χ4v) is 1.90. The summed E-state index contributed by atoms with van der Waals surface area (Å²) in [6.07, 6.45) is 4.61. The maximum Gasteiger partial charge on any atom is 0.224 e. The highest BCUT2D eigenvalue weighted by Gasteiger charge is 2.05. The highest BCUT2D eigenvalue weighted by atomic mass is 35.5. The molecule has 0 atom stereocenters. The number of aryl methyl sites for hydroxylation is 1. The van der Waals surface area contributed by atoms with Gasteiger partial charge in [-0.1, -0.05) is 30.5 Å². The number of carbonyl (C=O) groups excluding carboxylic acids is 1. The number of nitrogens with two attached hydrogens (primary N) is 1. The van der Waals surface area contributed by atoms with Gasteiger partial charge in [0.25, 0.3) is 0 Å². The minimum absolute atomic E-state index is 0.0234. The van der Waals surface area contributed by atoms with Crippen molar-refractivity contribution in [3.05, 3.63) is 28.8 Å². The number of benzene rings is 1. The molecule has 0 radical (unpaired) electrons. The van der Waals surface area contributed by atoms with E-state index in [2.05, 4.69) is 5.32 Å². The van der Waals surface area contributed by atoms with Gasteiger partial charge >= 0.3 is 0 Å². The van der Waals surface area contributed by atoms with Crippen molar-refractivity contribution in [3.63, 3.8) is 0 Å². The van der Waals surface area contributed by atoms with Gasteiger partial charge < -0.3 is 11.1 Å². The van der Waals surface area contributed by atoms with E-state index in [4.69, 9.17) is 17.3 Å². The molecule has 0 aliphatic rings. The third kappa shape index (κ3) is 5.52. The van der Waals surface area contributed by atoms with Crippen molar-refractivity contribution in [2.75, 3.05) is 11.9 Å². The summed E-state index contributed by atoms with van der Waals surface area (Å²) < 4.78 is 0. The number of halogens is 1. The first-order valence-electron chi connectivity index (χ1n) is 6.39. The van der Waals surface area contributed by atoms with E-state index in [9.17, 15) is 4.79 Å². The summed E-state index contributed by atoms with van der Waals surface area (Å²) in [5.74, 6) is 0.0234. The van der Waals surface area contributed by atoms with Crippen LogP contribution in [0, 0.1) is 6.92 Å². The lowest BCUT2D eigenvalue weighted by atomic mass is 10.1. The molecule has 0 aromatic heterocycles. The van der Waals surface area contributed by atoms with Crippen LogP contribution in [0.2, 0.25) is 5.02 Å².